The number of rotatable bonds is 24. The van der Waals surface area contributed by atoms with Crippen LogP contribution >= 0.6 is 0 Å². The maximum absolute atomic E-state index is 13.6. The molecule has 0 saturated carbocycles. The summed E-state index contributed by atoms with van der Waals surface area (Å²) in [5.41, 5.74) is 5.33. The summed E-state index contributed by atoms with van der Waals surface area (Å²) < 4.78 is 12.5. The van der Waals surface area contributed by atoms with E-state index < -0.39 is 0 Å². The molecule has 2 atom stereocenters. The summed E-state index contributed by atoms with van der Waals surface area (Å²) in [5, 5.41) is 5.38. The Balaban J connectivity index is 0.00000729. The van der Waals surface area contributed by atoms with Gasteiger partial charge < -0.3 is 26.9 Å². The molecule has 2 aliphatic rings. The van der Waals surface area contributed by atoms with Crippen molar-refractivity contribution in [1.82, 2.24) is 5.32 Å². The SMILES string of the molecule is CCCCCCCCCCCCCCCCCCOC(=O)c1ccccc1-c1c2ccc(=NC(C)CC)cc-2oc2cc(C(C)NCC)ccc12.[Cl-]. The summed E-state index contributed by atoms with van der Waals surface area (Å²) in [5.74, 6) is 0.487. The minimum atomic E-state index is -0.269. The lowest BCUT2D eigenvalue weighted by Gasteiger charge is -2.19. The van der Waals surface area contributed by atoms with E-state index in [1.807, 2.05) is 30.3 Å². The minimum absolute atomic E-state index is 0. The van der Waals surface area contributed by atoms with Crippen molar-refractivity contribution < 1.29 is 26.4 Å². The third kappa shape index (κ3) is 13.4. The van der Waals surface area contributed by atoms with Gasteiger partial charge in [-0.2, -0.15) is 0 Å². The van der Waals surface area contributed by atoms with Crippen LogP contribution in [0, 0.1) is 0 Å². The first-order valence-corrected chi connectivity index (χ1v) is 20.5. The molecule has 4 rings (SSSR count). The number of carbonyl (C=O) groups excluding carboxylic acids is 1. The highest BCUT2D eigenvalue weighted by molar-refractivity contribution is 6.07. The molecule has 2 aromatic carbocycles. The van der Waals surface area contributed by atoms with Crippen LogP contribution in [-0.4, -0.2) is 25.2 Å². The molecule has 52 heavy (non-hydrogen) atoms. The van der Waals surface area contributed by atoms with Gasteiger partial charge in [0.25, 0.3) is 0 Å². The first kappa shape index (κ1) is 43.3. The smallest absolute Gasteiger partial charge is 0.338 e. The summed E-state index contributed by atoms with van der Waals surface area (Å²) in [6.07, 6.45) is 22.1. The number of carbonyl (C=O) groups is 1. The second-order valence-electron chi connectivity index (χ2n) is 14.6. The summed E-state index contributed by atoms with van der Waals surface area (Å²) in [6.45, 7) is 12.2. The predicted octanol–water partition coefficient (Wildman–Crippen LogP) is 10.00. The van der Waals surface area contributed by atoms with E-state index >= 15 is 0 Å². The molecule has 0 aromatic heterocycles. The van der Waals surface area contributed by atoms with Crippen molar-refractivity contribution >= 4 is 16.9 Å². The third-order valence-electron chi connectivity index (χ3n) is 10.3. The van der Waals surface area contributed by atoms with E-state index in [2.05, 4.69) is 70.3 Å². The molecule has 0 radical (unpaired) electrons. The van der Waals surface area contributed by atoms with Crippen LogP contribution in [0.15, 0.2) is 70.1 Å². The van der Waals surface area contributed by atoms with Crippen LogP contribution in [0.25, 0.3) is 33.4 Å². The van der Waals surface area contributed by atoms with Gasteiger partial charge in [-0.15, -0.1) is 0 Å². The van der Waals surface area contributed by atoms with Crippen LogP contribution < -0.4 is 23.1 Å². The van der Waals surface area contributed by atoms with Gasteiger partial charge in [0, 0.05) is 34.7 Å². The van der Waals surface area contributed by atoms with E-state index in [1.54, 1.807) is 0 Å². The normalized spacial score (nSPS) is 13.0. The van der Waals surface area contributed by atoms with E-state index in [0.29, 0.717) is 12.2 Å². The minimum Gasteiger partial charge on any atom is -1.00 e. The lowest BCUT2D eigenvalue weighted by Crippen LogP contribution is -3.00. The van der Waals surface area contributed by atoms with Crippen LogP contribution in [0.2, 0.25) is 0 Å². The summed E-state index contributed by atoms with van der Waals surface area (Å²) >= 11 is 0. The van der Waals surface area contributed by atoms with E-state index in [1.165, 1.54) is 89.9 Å². The molecule has 286 valence electrons. The van der Waals surface area contributed by atoms with Crippen LogP contribution in [0.5, 0.6) is 0 Å². The fourth-order valence-corrected chi connectivity index (χ4v) is 7.08. The number of fused-ring (bicyclic) bond motifs is 2. The van der Waals surface area contributed by atoms with Crippen molar-refractivity contribution in [1.29, 1.82) is 0 Å². The predicted molar refractivity (Wildman–Crippen MR) is 216 cm³/mol. The molecule has 1 aliphatic heterocycles. The molecule has 2 aromatic rings. The second-order valence-corrected chi connectivity index (χ2v) is 14.6. The van der Waals surface area contributed by atoms with Crippen molar-refractivity contribution in [2.45, 2.75) is 156 Å². The fraction of sp³-hybridized carbons (Fsp3) is 0.565. The molecule has 2 unspecified atom stereocenters. The summed E-state index contributed by atoms with van der Waals surface area (Å²) in [6, 6.07) is 20.8. The Morgan fingerprint density at radius 3 is 1.96 bits per heavy atom. The quantitative estimate of drug-likeness (QED) is 0.0443. The molecule has 1 heterocycles. The van der Waals surface area contributed by atoms with Crippen molar-refractivity contribution in [3.63, 3.8) is 0 Å². The number of esters is 1. The topological polar surface area (TPSA) is 63.8 Å². The van der Waals surface area contributed by atoms with E-state index in [4.69, 9.17) is 14.1 Å². The molecule has 5 nitrogen and oxygen atoms in total. The zero-order valence-corrected chi connectivity index (χ0v) is 33.7. The number of ether oxygens (including phenoxy) is 1. The molecule has 0 bridgehead atoms. The number of halogens is 1. The van der Waals surface area contributed by atoms with Gasteiger partial charge in [0.1, 0.15) is 11.3 Å². The maximum Gasteiger partial charge on any atom is 0.338 e. The Bertz CT molecular complexity index is 1650. The molecule has 0 spiro atoms. The van der Waals surface area contributed by atoms with E-state index in [9.17, 15) is 4.79 Å². The first-order valence-electron chi connectivity index (χ1n) is 20.5. The molecule has 0 saturated heterocycles. The lowest BCUT2D eigenvalue weighted by molar-refractivity contribution is -0.0000296. The maximum atomic E-state index is 13.6. The first-order chi connectivity index (χ1) is 25.0. The van der Waals surface area contributed by atoms with Crippen LogP contribution in [0.3, 0.4) is 0 Å². The Kier molecular flexibility index (Phi) is 20.1. The largest absolute Gasteiger partial charge is 1.00 e. The Morgan fingerprint density at radius 1 is 0.731 bits per heavy atom. The van der Waals surface area contributed by atoms with Crippen LogP contribution in [0.4, 0.5) is 0 Å². The van der Waals surface area contributed by atoms with Crippen molar-refractivity contribution in [2.75, 3.05) is 13.2 Å². The van der Waals surface area contributed by atoms with Crippen LogP contribution in [0.1, 0.15) is 166 Å². The zero-order chi connectivity index (χ0) is 36.3. The van der Waals surface area contributed by atoms with Crippen LogP contribution in [-0.2, 0) is 4.74 Å². The van der Waals surface area contributed by atoms with Crippen molar-refractivity contribution in [3.8, 4) is 22.5 Å². The number of hydrogen-bond donors (Lipinski definition) is 1. The number of unbranched alkanes of at least 4 members (excludes halogenated alkanes) is 15. The van der Waals surface area contributed by atoms with Gasteiger partial charge >= 0.3 is 5.97 Å². The number of hydrogen-bond acceptors (Lipinski definition) is 5. The lowest BCUT2D eigenvalue weighted by atomic mass is 9.90. The Hall–Kier alpha value is -3.15. The highest BCUT2D eigenvalue weighted by Gasteiger charge is 2.22. The average Bonchev–Trinajstić information content (AvgIpc) is 3.14. The van der Waals surface area contributed by atoms with Gasteiger partial charge in [0.15, 0.2) is 0 Å². The van der Waals surface area contributed by atoms with Gasteiger partial charge in [0.05, 0.1) is 17.5 Å². The van der Waals surface area contributed by atoms with Gasteiger partial charge in [-0.05, 0) is 68.6 Å². The molecule has 0 fully saturated rings. The highest BCUT2D eigenvalue weighted by atomic mass is 35.5. The number of nitrogens with zero attached hydrogens (tertiary/aromatic N) is 1. The van der Waals surface area contributed by atoms with Gasteiger partial charge in [-0.1, -0.05) is 147 Å². The van der Waals surface area contributed by atoms with E-state index in [-0.39, 0.29) is 30.5 Å². The molecule has 1 N–H and O–H groups in total. The Morgan fingerprint density at radius 2 is 1.35 bits per heavy atom. The van der Waals surface area contributed by atoms with Crippen molar-refractivity contribution in [3.05, 3.63) is 77.1 Å². The van der Waals surface area contributed by atoms with Gasteiger partial charge in [-0.25, -0.2) is 4.79 Å². The number of nitrogens with one attached hydrogen (secondary N) is 1. The summed E-state index contributed by atoms with van der Waals surface area (Å²) in [4.78, 5) is 18.5. The zero-order valence-electron chi connectivity index (χ0n) is 32.9. The second kappa shape index (κ2) is 24.2. The molecule has 1 aliphatic carbocycles. The van der Waals surface area contributed by atoms with E-state index in [0.717, 1.165) is 70.1 Å². The molecular formula is C46H66ClN2O3-. The fourth-order valence-electron chi connectivity index (χ4n) is 7.08. The standard InChI is InChI=1S/C46H66N2O3.ClH/c1-6-9-10-11-12-13-14-15-16-17-18-19-20-21-22-25-32-50-46(49)40-27-24-23-26-39(40)45-41-30-28-37(36(5)47-8-3)33-43(41)51-44-34-38(29-31-42(44)45)48-35(4)7-2;/h23-24,26-31,33-36,47H,6-22,25,32H2,1-5H3;1H/p-1. The monoisotopic (exact) mass is 729 g/mol. The molecule has 0 amide bonds. The summed E-state index contributed by atoms with van der Waals surface area (Å²) in [7, 11) is 0. The highest BCUT2D eigenvalue weighted by Crippen LogP contribution is 2.42. The Labute approximate surface area is 321 Å². The van der Waals surface area contributed by atoms with Crippen molar-refractivity contribution in [2.24, 2.45) is 4.99 Å². The average molecular weight is 730 g/mol. The molecular weight excluding hydrogens is 664 g/mol. The van der Waals surface area contributed by atoms with Gasteiger partial charge in [0.2, 0.25) is 0 Å². The molecule has 6 heteroatoms. The third-order valence-corrected chi connectivity index (χ3v) is 10.3. The number of benzene rings is 3. The van der Waals surface area contributed by atoms with Gasteiger partial charge in [-0.3, -0.25) is 4.99 Å².